The fraction of sp³-hybridized carbons (Fsp3) is 0.455. The van der Waals surface area contributed by atoms with Crippen LogP contribution in [0.25, 0.3) is 5.65 Å². The first kappa shape index (κ1) is 12.3. The molecule has 0 aromatic carbocycles. The first-order chi connectivity index (χ1) is 8.08. The van der Waals surface area contributed by atoms with Crippen LogP contribution in [0, 0.1) is 5.92 Å². The van der Waals surface area contributed by atoms with Gasteiger partial charge in [-0.2, -0.15) is 4.98 Å². The van der Waals surface area contributed by atoms with E-state index < -0.39 is 6.10 Å². The number of aromatic nitrogens is 3. The summed E-state index contributed by atoms with van der Waals surface area (Å²) in [6, 6.07) is 3.80. The third kappa shape index (κ3) is 2.76. The molecule has 1 unspecified atom stereocenters. The number of fused-ring (bicyclic) bond motifs is 1. The predicted octanol–water partition coefficient (Wildman–Crippen LogP) is 1.92. The molecule has 2 rings (SSSR count). The lowest BCUT2D eigenvalue weighted by atomic mass is 10.1. The van der Waals surface area contributed by atoms with E-state index in [0.29, 0.717) is 12.5 Å². The van der Waals surface area contributed by atoms with Crippen molar-refractivity contribution in [2.45, 2.75) is 20.0 Å². The zero-order valence-electron chi connectivity index (χ0n) is 9.76. The summed E-state index contributed by atoms with van der Waals surface area (Å²) >= 11 is 3.41. The number of aliphatic hydroxyl groups is 1. The minimum absolute atomic E-state index is 0.214. The zero-order valence-corrected chi connectivity index (χ0v) is 11.3. The molecule has 0 fully saturated rings. The van der Waals surface area contributed by atoms with Gasteiger partial charge in [0.05, 0.1) is 10.6 Å². The number of hydrogen-bond donors (Lipinski definition) is 2. The van der Waals surface area contributed by atoms with Gasteiger partial charge in [-0.1, -0.05) is 13.8 Å². The summed E-state index contributed by atoms with van der Waals surface area (Å²) < 4.78 is 2.58. The smallest absolute Gasteiger partial charge is 0.243 e. The van der Waals surface area contributed by atoms with Gasteiger partial charge in [-0.3, -0.25) is 0 Å². The number of anilines is 1. The van der Waals surface area contributed by atoms with Gasteiger partial charge >= 0.3 is 0 Å². The lowest BCUT2D eigenvalue weighted by Crippen LogP contribution is -2.25. The SMILES string of the molecule is CC(C)C(O)CNc1nc2c(Br)cccn2n1. The highest BCUT2D eigenvalue weighted by molar-refractivity contribution is 9.10. The average Bonchev–Trinajstić information content (AvgIpc) is 2.70. The molecule has 0 saturated heterocycles. The number of nitrogens with zero attached hydrogens (tertiary/aromatic N) is 3. The largest absolute Gasteiger partial charge is 0.391 e. The molecular weight excluding hydrogens is 284 g/mol. The first-order valence-corrected chi connectivity index (χ1v) is 6.30. The Kier molecular flexibility index (Phi) is 3.63. The van der Waals surface area contributed by atoms with Crippen LogP contribution in [0.1, 0.15) is 13.8 Å². The fourth-order valence-electron chi connectivity index (χ4n) is 1.38. The average molecular weight is 299 g/mol. The highest BCUT2D eigenvalue weighted by Crippen LogP contribution is 2.16. The molecule has 0 bridgehead atoms. The van der Waals surface area contributed by atoms with Gasteiger partial charge in [0.2, 0.25) is 5.95 Å². The molecule has 0 aliphatic carbocycles. The molecule has 92 valence electrons. The van der Waals surface area contributed by atoms with Crippen LogP contribution in [0.4, 0.5) is 5.95 Å². The lowest BCUT2D eigenvalue weighted by molar-refractivity contribution is 0.137. The van der Waals surface area contributed by atoms with E-state index in [2.05, 4.69) is 31.3 Å². The van der Waals surface area contributed by atoms with Crippen molar-refractivity contribution >= 4 is 27.5 Å². The van der Waals surface area contributed by atoms with Gasteiger partial charge in [0.15, 0.2) is 5.65 Å². The van der Waals surface area contributed by atoms with Crippen molar-refractivity contribution in [3.05, 3.63) is 22.8 Å². The molecule has 0 radical (unpaired) electrons. The van der Waals surface area contributed by atoms with Gasteiger partial charge < -0.3 is 10.4 Å². The van der Waals surface area contributed by atoms with E-state index in [1.165, 1.54) is 0 Å². The number of rotatable bonds is 4. The molecule has 0 aliphatic heterocycles. The van der Waals surface area contributed by atoms with Crippen molar-refractivity contribution in [2.75, 3.05) is 11.9 Å². The number of pyridine rings is 1. The van der Waals surface area contributed by atoms with Gasteiger partial charge in [0.1, 0.15) is 0 Å². The summed E-state index contributed by atoms with van der Waals surface area (Å²) in [6.07, 6.45) is 1.43. The van der Waals surface area contributed by atoms with Crippen LogP contribution in [-0.4, -0.2) is 32.4 Å². The maximum Gasteiger partial charge on any atom is 0.243 e. The van der Waals surface area contributed by atoms with Crippen molar-refractivity contribution in [1.29, 1.82) is 0 Å². The van der Waals surface area contributed by atoms with Crippen molar-refractivity contribution in [3.63, 3.8) is 0 Å². The molecule has 5 nitrogen and oxygen atoms in total. The van der Waals surface area contributed by atoms with Crippen LogP contribution in [0.5, 0.6) is 0 Å². The molecule has 2 heterocycles. The van der Waals surface area contributed by atoms with E-state index in [1.54, 1.807) is 4.52 Å². The van der Waals surface area contributed by atoms with Gasteiger partial charge in [0.25, 0.3) is 0 Å². The van der Waals surface area contributed by atoms with Crippen LogP contribution in [0.15, 0.2) is 22.8 Å². The van der Waals surface area contributed by atoms with Gasteiger partial charge in [0, 0.05) is 12.7 Å². The molecule has 2 aromatic heterocycles. The Morgan fingerprint density at radius 1 is 1.53 bits per heavy atom. The first-order valence-electron chi connectivity index (χ1n) is 5.50. The van der Waals surface area contributed by atoms with Crippen molar-refractivity contribution in [2.24, 2.45) is 5.92 Å². The van der Waals surface area contributed by atoms with Crippen LogP contribution < -0.4 is 5.32 Å². The summed E-state index contributed by atoms with van der Waals surface area (Å²) in [5.41, 5.74) is 0.758. The Hall–Kier alpha value is -1.14. The lowest BCUT2D eigenvalue weighted by Gasteiger charge is -2.13. The maximum atomic E-state index is 9.68. The van der Waals surface area contributed by atoms with Crippen LogP contribution >= 0.6 is 15.9 Å². The molecule has 17 heavy (non-hydrogen) atoms. The predicted molar refractivity (Wildman–Crippen MR) is 70.0 cm³/mol. The summed E-state index contributed by atoms with van der Waals surface area (Å²) in [5, 5.41) is 17.0. The monoisotopic (exact) mass is 298 g/mol. The number of aliphatic hydroxyl groups excluding tert-OH is 1. The van der Waals surface area contributed by atoms with Gasteiger partial charge in [-0.25, -0.2) is 4.52 Å². The van der Waals surface area contributed by atoms with Crippen molar-refractivity contribution in [3.8, 4) is 0 Å². The van der Waals surface area contributed by atoms with Crippen LogP contribution in [-0.2, 0) is 0 Å². The fourth-order valence-corrected chi connectivity index (χ4v) is 1.80. The second kappa shape index (κ2) is 5.01. The molecule has 1 atom stereocenters. The van der Waals surface area contributed by atoms with Crippen LogP contribution in [0.2, 0.25) is 0 Å². The van der Waals surface area contributed by atoms with E-state index in [-0.39, 0.29) is 5.92 Å². The molecular formula is C11H15BrN4O. The Morgan fingerprint density at radius 2 is 2.29 bits per heavy atom. The summed E-state index contributed by atoms with van der Waals surface area (Å²) in [5.74, 6) is 0.739. The summed E-state index contributed by atoms with van der Waals surface area (Å²) in [6.45, 7) is 4.40. The Bertz CT molecular complexity index is 511. The number of halogens is 1. The van der Waals surface area contributed by atoms with E-state index in [4.69, 9.17) is 0 Å². The maximum absolute atomic E-state index is 9.68. The Morgan fingerprint density at radius 3 is 2.94 bits per heavy atom. The standard InChI is InChI=1S/C11H15BrN4O/c1-7(2)9(17)6-13-11-14-10-8(12)4-3-5-16(10)15-11/h3-5,7,9,17H,6H2,1-2H3,(H,13,15). The van der Waals surface area contributed by atoms with Crippen molar-refractivity contribution < 1.29 is 5.11 Å². The second-order valence-corrected chi connectivity index (χ2v) is 5.11. The minimum Gasteiger partial charge on any atom is -0.391 e. The molecule has 6 heteroatoms. The summed E-state index contributed by atoms with van der Waals surface area (Å²) in [4.78, 5) is 4.33. The van der Waals surface area contributed by atoms with E-state index in [0.717, 1.165) is 10.1 Å². The van der Waals surface area contributed by atoms with Crippen molar-refractivity contribution in [1.82, 2.24) is 14.6 Å². The molecule has 0 spiro atoms. The molecule has 2 N–H and O–H groups in total. The highest BCUT2D eigenvalue weighted by atomic mass is 79.9. The number of nitrogens with one attached hydrogen (secondary N) is 1. The normalized spacial score (nSPS) is 13.2. The second-order valence-electron chi connectivity index (χ2n) is 4.25. The molecule has 0 saturated carbocycles. The third-order valence-corrected chi connectivity index (χ3v) is 3.17. The van der Waals surface area contributed by atoms with Gasteiger partial charge in [-0.15, -0.1) is 5.10 Å². The van der Waals surface area contributed by atoms with Crippen LogP contribution in [0.3, 0.4) is 0 Å². The zero-order chi connectivity index (χ0) is 12.4. The molecule has 0 amide bonds. The third-order valence-electron chi connectivity index (χ3n) is 2.55. The van der Waals surface area contributed by atoms with Gasteiger partial charge in [-0.05, 0) is 34.0 Å². The molecule has 2 aromatic rings. The Labute approximate surface area is 108 Å². The van der Waals surface area contributed by atoms with E-state index in [9.17, 15) is 5.11 Å². The topological polar surface area (TPSA) is 62.5 Å². The van der Waals surface area contributed by atoms with E-state index >= 15 is 0 Å². The quantitative estimate of drug-likeness (QED) is 0.905. The molecule has 0 aliphatic rings. The number of hydrogen-bond acceptors (Lipinski definition) is 4. The highest BCUT2D eigenvalue weighted by Gasteiger charge is 2.11. The van der Waals surface area contributed by atoms with E-state index in [1.807, 2.05) is 32.2 Å². The summed E-state index contributed by atoms with van der Waals surface area (Å²) in [7, 11) is 0. The Balaban J connectivity index is 2.12. The minimum atomic E-state index is -0.398.